The van der Waals surface area contributed by atoms with Crippen LogP contribution in [0.2, 0.25) is 0 Å². The molecule has 3 heterocycles. The number of nitrogens with one attached hydrogen (secondary N) is 2. The van der Waals surface area contributed by atoms with E-state index in [1.165, 1.54) is 10.6 Å². The molecule has 0 aliphatic carbocycles. The van der Waals surface area contributed by atoms with Crippen LogP contribution in [0.4, 0.5) is 14.7 Å². The molecule has 2 aromatic heterocycles. The van der Waals surface area contributed by atoms with Crippen molar-refractivity contribution in [2.45, 2.75) is 25.3 Å². The predicted octanol–water partition coefficient (Wildman–Crippen LogP) is 3.65. The quantitative estimate of drug-likeness (QED) is 0.460. The molecule has 1 saturated heterocycles. The molecule has 1 fully saturated rings. The van der Waals surface area contributed by atoms with Crippen LogP contribution in [0.15, 0.2) is 30.3 Å². The van der Waals surface area contributed by atoms with Crippen molar-refractivity contribution in [3.63, 3.8) is 0 Å². The lowest BCUT2D eigenvalue weighted by molar-refractivity contribution is 0.391. The number of rotatable bonds is 6. The lowest BCUT2D eigenvalue weighted by Gasteiger charge is -2.19. The minimum absolute atomic E-state index is 0.0359. The lowest BCUT2D eigenvalue weighted by Crippen LogP contribution is -2.29. The summed E-state index contributed by atoms with van der Waals surface area (Å²) >= 11 is 0. The maximum Gasteiger partial charge on any atom is 0.226 e. The first-order valence-electron chi connectivity index (χ1n) is 10.8. The summed E-state index contributed by atoms with van der Waals surface area (Å²) in [5.74, 6) is 0.946. The first-order valence-corrected chi connectivity index (χ1v) is 10.8. The summed E-state index contributed by atoms with van der Waals surface area (Å²) < 4.78 is 40.9. The summed E-state index contributed by atoms with van der Waals surface area (Å²) in [6.45, 7) is 2.06. The van der Waals surface area contributed by atoms with Gasteiger partial charge in [-0.25, -0.2) is 18.7 Å². The van der Waals surface area contributed by atoms with Crippen LogP contribution in [0.1, 0.15) is 30.1 Å². The number of benzene rings is 2. The monoisotopic (exact) mass is 454 g/mol. The van der Waals surface area contributed by atoms with Crippen LogP contribution in [0.5, 0.6) is 11.5 Å². The molecule has 0 amide bonds. The highest BCUT2D eigenvalue weighted by molar-refractivity contribution is 5.92. The number of anilines is 1. The van der Waals surface area contributed by atoms with Gasteiger partial charge in [-0.1, -0.05) is 0 Å². The Morgan fingerprint density at radius 1 is 1.15 bits per heavy atom. The standard InChI is InChI=1S/C23H24F2N6O2/c1-32-16-6-5-13(19(10-16)33-2)12-27-23-28-20-17(8-15(24)9-18(20)25)22-29-21(30-31(22)23)14-4-3-7-26-11-14/h5-6,8-10,14,26H,3-4,7,11-12H2,1-2H3,(H,27,28)/t14-/m1/s1. The van der Waals surface area contributed by atoms with Gasteiger partial charge in [0.2, 0.25) is 5.95 Å². The zero-order valence-corrected chi connectivity index (χ0v) is 18.4. The highest BCUT2D eigenvalue weighted by Crippen LogP contribution is 2.29. The summed E-state index contributed by atoms with van der Waals surface area (Å²) in [5.41, 5.74) is 1.25. The second kappa shape index (κ2) is 8.78. The summed E-state index contributed by atoms with van der Waals surface area (Å²) in [5, 5.41) is 11.5. The van der Waals surface area contributed by atoms with Crippen molar-refractivity contribution in [1.82, 2.24) is 24.9 Å². The average Bonchev–Trinajstić information content (AvgIpc) is 3.29. The third-order valence-electron chi connectivity index (χ3n) is 5.90. The molecule has 5 rings (SSSR count). The van der Waals surface area contributed by atoms with E-state index in [4.69, 9.17) is 9.47 Å². The minimum Gasteiger partial charge on any atom is -0.497 e. The van der Waals surface area contributed by atoms with Crippen LogP contribution in [0.3, 0.4) is 0 Å². The third kappa shape index (κ3) is 4.02. The topological polar surface area (TPSA) is 85.6 Å². The molecule has 33 heavy (non-hydrogen) atoms. The fraction of sp³-hybridized carbons (Fsp3) is 0.348. The smallest absolute Gasteiger partial charge is 0.226 e. The van der Waals surface area contributed by atoms with Crippen LogP contribution >= 0.6 is 0 Å². The first-order chi connectivity index (χ1) is 16.1. The molecule has 0 unspecified atom stereocenters. The van der Waals surface area contributed by atoms with Gasteiger partial charge in [0.05, 0.1) is 19.6 Å². The average molecular weight is 454 g/mol. The normalized spacial score (nSPS) is 16.3. The Bertz CT molecular complexity index is 1320. The molecule has 8 nitrogen and oxygen atoms in total. The minimum atomic E-state index is -0.749. The van der Waals surface area contributed by atoms with Crippen LogP contribution in [-0.2, 0) is 6.54 Å². The van der Waals surface area contributed by atoms with E-state index in [-0.39, 0.29) is 16.8 Å². The number of hydrogen-bond donors (Lipinski definition) is 2. The lowest BCUT2D eigenvalue weighted by atomic mass is 9.99. The van der Waals surface area contributed by atoms with Gasteiger partial charge in [0, 0.05) is 36.7 Å². The Kier molecular flexibility index (Phi) is 5.67. The van der Waals surface area contributed by atoms with Crippen LogP contribution < -0.4 is 20.1 Å². The second-order valence-electron chi connectivity index (χ2n) is 8.00. The molecule has 1 atom stereocenters. The van der Waals surface area contributed by atoms with Gasteiger partial charge in [-0.05, 0) is 37.6 Å². The highest BCUT2D eigenvalue weighted by Gasteiger charge is 2.23. The highest BCUT2D eigenvalue weighted by atomic mass is 19.1. The molecule has 0 radical (unpaired) electrons. The Morgan fingerprint density at radius 2 is 2.03 bits per heavy atom. The fourth-order valence-electron chi connectivity index (χ4n) is 4.19. The molecule has 4 aromatic rings. The van der Waals surface area contributed by atoms with Crippen LogP contribution in [0, 0.1) is 11.6 Å². The van der Waals surface area contributed by atoms with Gasteiger partial charge in [0.15, 0.2) is 17.3 Å². The number of halogens is 2. The second-order valence-corrected chi connectivity index (χ2v) is 8.00. The summed E-state index contributed by atoms with van der Waals surface area (Å²) in [7, 11) is 3.17. The van der Waals surface area contributed by atoms with Gasteiger partial charge in [0.1, 0.15) is 22.8 Å². The van der Waals surface area contributed by atoms with E-state index in [1.807, 2.05) is 12.1 Å². The maximum absolute atomic E-state index is 14.7. The van der Waals surface area contributed by atoms with Crippen LogP contribution in [-0.4, -0.2) is 46.9 Å². The predicted molar refractivity (Wildman–Crippen MR) is 120 cm³/mol. The molecule has 0 bridgehead atoms. The number of methoxy groups -OCH3 is 2. The molecular weight excluding hydrogens is 430 g/mol. The fourth-order valence-corrected chi connectivity index (χ4v) is 4.19. The zero-order valence-electron chi connectivity index (χ0n) is 18.4. The SMILES string of the molecule is COc1ccc(CNc2nc3c(F)cc(F)cc3c3nc([C@@H]4CCCNC4)nn23)c(OC)c1. The van der Waals surface area contributed by atoms with E-state index < -0.39 is 11.6 Å². The van der Waals surface area contributed by atoms with E-state index in [1.54, 1.807) is 20.3 Å². The largest absolute Gasteiger partial charge is 0.497 e. The van der Waals surface area contributed by atoms with Crippen molar-refractivity contribution in [3.8, 4) is 11.5 Å². The summed E-state index contributed by atoms with van der Waals surface area (Å²) in [6.07, 6.45) is 1.97. The van der Waals surface area contributed by atoms with E-state index in [9.17, 15) is 8.78 Å². The molecular formula is C23H24F2N6O2. The third-order valence-corrected chi connectivity index (χ3v) is 5.90. The Hall–Kier alpha value is -3.53. The van der Waals surface area contributed by atoms with Gasteiger partial charge in [-0.3, -0.25) is 0 Å². The number of fused-ring (bicyclic) bond motifs is 3. The molecule has 2 aromatic carbocycles. The van der Waals surface area contributed by atoms with E-state index in [2.05, 4.69) is 25.7 Å². The first kappa shape index (κ1) is 21.3. The van der Waals surface area contributed by atoms with Crippen molar-refractivity contribution in [1.29, 1.82) is 0 Å². The van der Waals surface area contributed by atoms with Gasteiger partial charge in [-0.15, -0.1) is 5.10 Å². The molecule has 1 aliphatic rings. The molecule has 0 saturated carbocycles. The van der Waals surface area contributed by atoms with Gasteiger partial charge < -0.3 is 20.1 Å². The molecule has 0 spiro atoms. The molecule has 2 N–H and O–H groups in total. The molecule has 172 valence electrons. The number of aromatic nitrogens is 4. The van der Waals surface area contributed by atoms with Gasteiger partial charge >= 0.3 is 0 Å². The zero-order chi connectivity index (χ0) is 22.9. The number of hydrogen-bond acceptors (Lipinski definition) is 7. The van der Waals surface area contributed by atoms with Crippen molar-refractivity contribution in [2.75, 3.05) is 32.6 Å². The summed E-state index contributed by atoms with van der Waals surface area (Å²) in [6, 6.07) is 7.56. The van der Waals surface area contributed by atoms with Gasteiger partial charge in [-0.2, -0.15) is 4.52 Å². The van der Waals surface area contributed by atoms with Crippen molar-refractivity contribution < 1.29 is 18.3 Å². The van der Waals surface area contributed by atoms with Gasteiger partial charge in [0.25, 0.3) is 0 Å². The van der Waals surface area contributed by atoms with Crippen molar-refractivity contribution >= 4 is 22.5 Å². The molecule has 10 heteroatoms. The van der Waals surface area contributed by atoms with Crippen LogP contribution in [0.25, 0.3) is 16.6 Å². The molecule has 1 aliphatic heterocycles. The maximum atomic E-state index is 14.7. The Balaban J connectivity index is 1.59. The summed E-state index contributed by atoms with van der Waals surface area (Å²) in [4.78, 5) is 9.11. The Morgan fingerprint density at radius 3 is 2.79 bits per heavy atom. The van der Waals surface area contributed by atoms with E-state index in [0.29, 0.717) is 35.5 Å². The van der Waals surface area contributed by atoms with E-state index in [0.717, 1.165) is 37.6 Å². The number of nitrogens with zero attached hydrogens (tertiary/aromatic N) is 4. The Labute approximate surface area is 188 Å². The number of ether oxygens (including phenoxy) is 2. The van der Waals surface area contributed by atoms with Crippen molar-refractivity contribution in [3.05, 3.63) is 53.4 Å². The number of piperidine rings is 1. The van der Waals surface area contributed by atoms with E-state index >= 15 is 0 Å². The van der Waals surface area contributed by atoms with Crippen molar-refractivity contribution in [2.24, 2.45) is 0 Å².